The number of nitrogens with one attached hydrogen (secondary N) is 1. The molecule has 0 aliphatic carbocycles. The van der Waals surface area contributed by atoms with E-state index in [2.05, 4.69) is 10.1 Å². The Hall–Kier alpha value is -3.09. The van der Waals surface area contributed by atoms with E-state index in [9.17, 15) is 44.3 Å². The van der Waals surface area contributed by atoms with Gasteiger partial charge in [-0.15, -0.1) is 0 Å². The predicted molar refractivity (Wildman–Crippen MR) is 107 cm³/mol. The molecule has 0 bridgehead atoms. The maximum atomic E-state index is 13.0. The zero-order valence-corrected chi connectivity index (χ0v) is 18.4. The first-order valence-corrected chi connectivity index (χ1v) is 11.2. The lowest BCUT2D eigenvalue weighted by atomic mass is 10.0. The Labute approximate surface area is 190 Å². The van der Waals surface area contributed by atoms with Crippen LogP contribution >= 0.6 is 0 Å². The molecule has 186 valence electrons. The number of sulfone groups is 1. The Balaban J connectivity index is 2.20. The first-order chi connectivity index (χ1) is 15.6. The summed E-state index contributed by atoms with van der Waals surface area (Å²) in [6, 6.07) is 6.42. The Kier molecular flexibility index (Phi) is 8.35. The number of methoxy groups -OCH3 is 1. The molecule has 0 fully saturated rings. The average Bonchev–Trinajstić information content (AvgIpc) is 2.75. The monoisotopic (exact) mass is 511 g/mol. The van der Waals surface area contributed by atoms with Crippen LogP contribution in [0.15, 0.2) is 53.4 Å². The number of halogens is 6. The SMILES string of the molecule is COC(=O)[C@H](CCS(=O)(=O)c1ccccc1)NC(=O)Cc1cc(C(F)(F)F)cc(C(F)(F)F)c1. The zero-order valence-electron chi connectivity index (χ0n) is 17.5. The highest BCUT2D eigenvalue weighted by molar-refractivity contribution is 7.91. The number of ether oxygens (including phenoxy) is 1. The molecule has 13 heteroatoms. The number of alkyl halides is 6. The van der Waals surface area contributed by atoms with Crippen molar-refractivity contribution in [1.82, 2.24) is 5.32 Å². The Morgan fingerprint density at radius 2 is 1.47 bits per heavy atom. The lowest BCUT2D eigenvalue weighted by Crippen LogP contribution is -2.43. The molecule has 2 rings (SSSR count). The summed E-state index contributed by atoms with van der Waals surface area (Å²) in [7, 11) is -2.88. The summed E-state index contributed by atoms with van der Waals surface area (Å²) in [5.74, 6) is -2.71. The van der Waals surface area contributed by atoms with Crippen molar-refractivity contribution in [2.75, 3.05) is 12.9 Å². The second-order valence-electron chi connectivity index (χ2n) is 7.15. The minimum atomic E-state index is -5.09. The van der Waals surface area contributed by atoms with E-state index in [1.54, 1.807) is 6.07 Å². The number of hydrogen-bond donors (Lipinski definition) is 1. The molecular weight excluding hydrogens is 492 g/mol. The minimum Gasteiger partial charge on any atom is -0.467 e. The molecule has 0 spiro atoms. The fourth-order valence-electron chi connectivity index (χ4n) is 2.96. The van der Waals surface area contributed by atoms with Crippen LogP contribution in [-0.2, 0) is 42.9 Å². The van der Waals surface area contributed by atoms with Crippen LogP contribution in [0.3, 0.4) is 0 Å². The smallest absolute Gasteiger partial charge is 0.416 e. The van der Waals surface area contributed by atoms with E-state index in [1.807, 2.05) is 0 Å². The molecule has 0 unspecified atom stereocenters. The summed E-state index contributed by atoms with van der Waals surface area (Å²) in [4.78, 5) is 24.3. The van der Waals surface area contributed by atoms with Crippen LogP contribution in [0.2, 0.25) is 0 Å². The number of hydrogen-bond acceptors (Lipinski definition) is 5. The van der Waals surface area contributed by atoms with Crippen LogP contribution in [0.1, 0.15) is 23.1 Å². The molecule has 0 saturated carbocycles. The molecule has 2 aromatic rings. The number of esters is 1. The number of rotatable bonds is 8. The summed E-state index contributed by atoms with van der Waals surface area (Å²) in [5, 5.41) is 2.12. The van der Waals surface area contributed by atoms with Gasteiger partial charge in [0.15, 0.2) is 9.84 Å². The van der Waals surface area contributed by atoms with Crippen LogP contribution in [0.4, 0.5) is 26.3 Å². The second kappa shape index (κ2) is 10.5. The standard InChI is InChI=1S/C21H19F6NO5S/c1-33-19(30)17(7-8-34(31,32)16-5-3-2-4-6-16)28-18(29)11-13-9-14(20(22,23)24)12-15(10-13)21(25,26)27/h2-6,9-10,12,17H,7-8,11H2,1H3,(H,28,29)/t17-/m0/s1. The van der Waals surface area contributed by atoms with Gasteiger partial charge < -0.3 is 10.1 Å². The van der Waals surface area contributed by atoms with E-state index < -0.39 is 75.4 Å². The van der Waals surface area contributed by atoms with E-state index in [0.717, 1.165) is 7.11 Å². The highest BCUT2D eigenvalue weighted by Gasteiger charge is 2.37. The summed E-state index contributed by atoms with van der Waals surface area (Å²) in [6.45, 7) is 0. The largest absolute Gasteiger partial charge is 0.467 e. The van der Waals surface area contributed by atoms with Gasteiger partial charge in [-0.3, -0.25) is 4.79 Å². The van der Waals surface area contributed by atoms with Gasteiger partial charge in [0, 0.05) is 0 Å². The van der Waals surface area contributed by atoms with E-state index >= 15 is 0 Å². The summed E-state index contributed by atoms with van der Waals surface area (Å²) >= 11 is 0. The van der Waals surface area contributed by atoms with Crippen molar-refractivity contribution in [1.29, 1.82) is 0 Å². The lowest BCUT2D eigenvalue weighted by Gasteiger charge is -2.18. The van der Waals surface area contributed by atoms with Crippen LogP contribution < -0.4 is 5.32 Å². The van der Waals surface area contributed by atoms with Crippen molar-refractivity contribution in [2.45, 2.75) is 36.1 Å². The fourth-order valence-corrected chi connectivity index (χ4v) is 4.32. The molecule has 34 heavy (non-hydrogen) atoms. The van der Waals surface area contributed by atoms with Crippen molar-refractivity contribution in [2.24, 2.45) is 0 Å². The zero-order chi connectivity index (χ0) is 25.7. The maximum Gasteiger partial charge on any atom is 0.416 e. The van der Waals surface area contributed by atoms with E-state index in [-0.39, 0.29) is 11.0 Å². The number of carbonyl (C=O) groups is 2. The summed E-state index contributed by atoms with van der Waals surface area (Å²) in [5.41, 5.74) is -3.78. The van der Waals surface area contributed by atoms with Gasteiger partial charge in [-0.25, -0.2) is 13.2 Å². The highest BCUT2D eigenvalue weighted by atomic mass is 32.2. The third-order valence-electron chi connectivity index (χ3n) is 4.61. The first kappa shape index (κ1) is 27.2. The molecule has 0 aromatic heterocycles. The van der Waals surface area contributed by atoms with Crippen LogP contribution in [0.5, 0.6) is 0 Å². The predicted octanol–water partition coefficient (Wildman–Crippen LogP) is 3.79. The third-order valence-corrected chi connectivity index (χ3v) is 6.37. The summed E-state index contributed by atoms with van der Waals surface area (Å²) < 4.78 is 107. The normalized spacial score (nSPS) is 13.3. The van der Waals surface area contributed by atoms with Gasteiger partial charge >= 0.3 is 18.3 Å². The van der Waals surface area contributed by atoms with Crippen LogP contribution in [-0.4, -0.2) is 39.2 Å². The van der Waals surface area contributed by atoms with Gasteiger partial charge in [-0.2, -0.15) is 26.3 Å². The van der Waals surface area contributed by atoms with Gasteiger partial charge in [0.25, 0.3) is 0 Å². The molecule has 0 saturated heterocycles. The van der Waals surface area contributed by atoms with Gasteiger partial charge in [0.1, 0.15) is 6.04 Å². The van der Waals surface area contributed by atoms with Crippen molar-refractivity contribution in [3.63, 3.8) is 0 Å². The molecule has 1 N–H and O–H groups in total. The maximum absolute atomic E-state index is 13.0. The van der Waals surface area contributed by atoms with Gasteiger partial charge in [0.05, 0.1) is 35.3 Å². The molecule has 1 atom stereocenters. The Morgan fingerprint density at radius 1 is 0.941 bits per heavy atom. The molecule has 0 aliphatic rings. The van der Waals surface area contributed by atoms with E-state index in [4.69, 9.17) is 0 Å². The molecular formula is C21H19F6NO5S. The third kappa shape index (κ3) is 7.47. The quantitative estimate of drug-likeness (QED) is 0.431. The van der Waals surface area contributed by atoms with Gasteiger partial charge in [-0.1, -0.05) is 18.2 Å². The fraction of sp³-hybridized carbons (Fsp3) is 0.333. The van der Waals surface area contributed by atoms with Crippen LogP contribution in [0.25, 0.3) is 0 Å². The topological polar surface area (TPSA) is 89.5 Å². The van der Waals surface area contributed by atoms with Crippen LogP contribution in [0, 0.1) is 0 Å². The molecule has 0 heterocycles. The number of carbonyl (C=O) groups excluding carboxylic acids is 2. The Bertz CT molecular complexity index is 1100. The van der Waals surface area contributed by atoms with Crippen molar-refractivity contribution >= 4 is 21.7 Å². The molecule has 2 aromatic carbocycles. The number of benzene rings is 2. The Morgan fingerprint density at radius 3 is 1.94 bits per heavy atom. The van der Waals surface area contributed by atoms with E-state index in [0.29, 0.717) is 12.1 Å². The average molecular weight is 511 g/mol. The highest BCUT2D eigenvalue weighted by Crippen LogP contribution is 2.36. The van der Waals surface area contributed by atoms with E-state index in [1.165, 1.54) is 24.3 Å². The van der Waals surface area contributed by atoms with Crippen molar-refractivity contribution in [3.05, 3.63) is 65.2 Å². The molecule has 0 aliphatic heterocycles. The van der Waals surface area contributed by atoms with Gasteiger partial charge in [0.2, 0.25) is 5.91 Å². The minimum absolute atomic E-state index is 0.0337. The molecule has 1 amide bonds. The lowest BCUT2D eigenvalue weighted by molar-refractivity contribution is -0.145. The van der Waals surface area contributed by atoms with Crippen molar-refractivity contribution < 1.29 is 49.1 Å². The van der Waals surface area contributed by atoms with Gasteiger partial charge in [-0.05, 0) is 42.3 Å². The molecule has 6 nitrogen and oxygen atoms in total. The molecule has 0 radical (unpaired) electrons. The number of amides is 1. The second-order valence-corrected chi connectivity index (χ2v) is 9.26. The first-order valence-electron chi connectivity index (χ1n) is 9.57. The summed E-state index contributed by atoms with van der Waals surface area (Å²) in [6.07, 6.45) is -11.5. The van der Waals surface area contributed by atoms with Crippen molar-refractivity contribution in [3.8, 4) is 0 Å².